The van der Waals surface area contributed by atoms with Gasteiger partial charge in [-0.2, -0.15) is 0 Å². The summed E-state index contributed by atoms with van der Waals surface area (Å²) in [5.41, 5.74) is 2.23. The van der Waals surface area contributed by atoms with Crippen molar-refractivity contribution in [3.8, 4) is 5.75 Å². The van der Waals surface area contributed by atoms with Gasteiger partial charge < -0.3 is 15.0 Å². The van der Waals surface area contributed by atoms with Crippen LogP contribution in [0.25, 0.3) is 0 Å². The van der Waals surface area contributed by atoms with Crippen LogP contribution in [0.3, 0.4) is 0 Å². The van der Waals surface area contributed by atoms with Crippen LogP contribution in [-0.4, -0.2) is 30.1 Å². The highest BCUT2D eigenvalue weighted by atomic mass is 16.5. The highest BCUT2D eigenvalue weighted by molar-refractivity contribution is 6.02. The van der Waals surface area contributed by atoms with Crippen LogP contribution in [-0.2, 0) is 0 Å². The normalized spacial score (nSPS) is 17.2. The first-order valence-corrected chi connectivity index (χ1v) is 9.30. The molecule has 1 N–H and O–H groups in total. The molecular formula is C21H27N3O2. The van der Waals surface area contributed by atoms with Gasteiger partial charge in [0.25, 0.3) is 5.91 Å². The van der Waals surface area contributed by atoms with Crippen molar-refractivity contribution in [3.63, 3.8) is 0 Å². The van der Waals surface area contributed by atoms with E-state index >= 15 is 0 Å². The van der Waals surface area contributed by atoms with E-state index in [0.717, 1.165) is 30.2 Å². The van der Waals surface area contributed by atoms with Crippen molar-refractivity contribution in [1.29, 1.82) is 0 Å². The SMILES string of the molecule is CC1CCCN(c2ccc(C(=O)Nc3ccc(OC(C)C)cc3)nc2)C1. The van der Waals surface area contributed by atoms with Gasteiger partial charge in [0.2, 0.25) is 0 Å². The molecule has 5 nitrogen and oxygen atoms in total. The Morgan fingerprint density at radius 3 is 2.62 bits per heavy atom. The van der Waals surface area contributed by atoms with E-state index in [2.05, 4.69) is 22.1 Å². The maximum atomic E-state index is 12.4. The number of aromatic nitrogens is 1. The highest BCUT2D eigenvalue weighted by Gasteiger charge is 2.17. The molecule has 0 radical (unpaired) electrons. The predicted octanol–water partition coefficient (Wildman–Crippen LogP) is 4.36. The van der Waals surface area contributed by atoms with Crippen molar-refractivity contribution in [2.75, 3.05) is 23.3 Å². The molecule has 1 aromatic heterocycles. The van der Waals surface area contributed by atoms with E-state index in [1.165, 1.54) is 12.8 Å². The highest BCUT2D eigenvalue weighted by Crippen LogP contribution is 2.22. The smallest absolute Gasteiger partial charge is 0.274 e. The fraction of sp³-hybridized carbons (Fsp3) is 0.429. The maximum Gasteiger partial charge on any atom is 0.274 e. The first-order chi connectivity index (χ1) is 12.5. The molecule has 1 aromatic carbocycles. The Kier molecular flexibility index (Phi) is 5.76. The van der Waals surface area contributed by atoms with Crippen LogP contribution in [0.4, 0.5) is 11.4 Å². The number of ether oxygens (including phenoxy) is 1. The molecule has 2 heterocycles. The zero-order valence-corrected chi connectivity index (χ0v) is 15.7. The average Bonchev–Trinajstić information content (AvgIpc) is 2.63. The van der Waals surface area contributed by atoms with Crippen molar-refractivity contribution in [2.45, 2.75) is 39.7 Å². The molecule has 0 spiro atoms. The van der Waals surface area contributed by atoms with Crippen molar-refractivity contribution < 1.29 is 9.53 Å². The fourth-order valence-corrected chi connectivity index (χ4v) is 3.22. The van der Waals surface area contributed by atoms with Gasteiger partial charge in [0.15, 0.2) is 0 Å². The minimum atomic E-state index is -0.207. The summed E-state index contributed by atoms with van der Waals surface area (Å²) in [6, 6.07) is 11.1. The molecule has 0 aliphatic carbocycles. The average molecular weight is 353 g/mol. The number of rotatable bonds is 5. The Morgan fingerprint density at radius 2 is 2.00 bits per heavy atom. The number of hydrogen-bond acceptors (Lipinski definition) is 4. The molecule has 0 bridgehead atoms. The second kappa shape index (κ2) is 8.21. The summed E-state index contributed by atoms with van der Waals surface area (Å²) in [5, 5.41) is 2.87. The summed E-state index contributed by atoms with van der Waals surface area (Å²) >= 11 is 0. The molecule has 1 atom stereocenters. The van der Waals surface area contributed by atoms with Gasteiger partial charge in [0.1, 0.15) is 11.4 Å². The quantitative estimate of drug-likeness (QED) is 0.868. The lowest BCUT2D eigenvalue weighted by atomic mass is 10.00. The molecule has 2 aromatic rings. The van der Waals surface area contributed by atoms with Crippen molar-refractivity contribution >= 4 is 17.3 Å². The second-order valence-electron chi connectivity index (χ2n) is 7.24. The summed E-state index contributed by atoms with van der Waals surface area (Å²) in [6.07, 6.45) is 4.42. The van der Waals surface area contributed by atoms with Crippen LogP contribution < -0.4 is 15.0 Å². The first-order valence-electron chi connectivity index (χ1n) is 9.30. The van der Waals surface area contributed by atoms with Crippen LogP contribution in [0, 0.1) is 5.92 Å². The van der Waals surface area contributed by atoms with E-state index in [1.807, 2.05) is 44.2 Å². The number of benzene rings is 1. The fourth-order valence-electron chi connectivity index (χ4n) is 3.22. The molecule has 5 heteroatoms. The summed E-state index contributed by atoms with van der Waals surface area (Å²) in [5.74, 6) is 1.28. The summed E-state index contributed by atoms with van der Waals surface area (Å²) in [6.45, 7) is 8.35. The van der Waals surface area contributed by atoms with E-state index in [1.54, 1.807) is 12.3 Å². The molecule has 1 aliphatic heterocycles. The number of pyridine rings is 1. The molecule has 26 heavy (non-hydrogen) atoms. The zero-order valence-electron chi connectivity index (χ0n) is 15.7. The zero-order chi connectivity index (χ0) is 18.5. The number of amides is 1. The molecule has 0 saturated carbocycles. The molecule has 3 rings (SSSR count). The van der Waals surface area contributed by atoms with Crippen LogP contribution >= 0.6 is 0 Å². The molecule has 138 valence electrons. The van der Waals surface area contributed by atoms with Gasteiger partial charge in [0, 0.05) is 18.8 Å². The maximum absolute atomic E-state index is 12.4. The third-order valence-corrected chi connectivity index (χ3v) is 4.49. The lowest BCUT2D eigenvalue weighted by Crippen LogP contribution is -2.34. The van der Waals surface area contributed by atoms with Gasteiger partial charge in [0.05, 0.1) is 18.0 Å². The van der Waals surface area contributed by atoms with E-state index in [-0.39, 0.29) is 12.0 Å². The first kappa shape index (κ1) is 18.2. The van der Waals surface area contributed by atoms with Gasteiger partial charge in [-0.3, -0.25) is 4.79 Å². The van der Waals surface area contributed by atoms with Crippen molar-refractivity contribution in [3.05, 3.63) is 48.3 Å². The van der Waals surface area contributed by atoms with Crippen molar-refractivity contribution in [2.24, 2.45) is 5.92 Å². The van der Waals surface area contributed by atoms with Gasteiger partial charge in [-0.05, 0) is 69.0 Å². The van der Waals surface area contributed by atoms with E-state index in [9.17, 15) is 4.79 Å². The number of nitrogens with one attached hydrogen (secondary N) is 1. The van der Waals surface area contributed by atoms with Crippen LogP contribution in [0.2, 0.25) is 0 Å². The molecule has 1 aliphatic rings. The largest absolute Gasteiger partial charge is 0.491 e. The number of anilines is 2. The number of carbonyl (C=O) groups excluding carboxylic acids is 1. The topological polar surface area (TPSA) is 54.5 Å². The molecular weight excluding hydrogens is 326 g/mol. The van der Waals surface area contributed by atoms with Gasteiger partial charge in [-0.15, -0.1) is 0 Å². The second-order valence-corrected chi connectivity index (χ2v) is 7.24. The lowest BCUT2D eigenvalue weighted by Gasteiger charge is -2.32. The Hall–Kier alpha value is -2.56. The number of carbonyl (C=O) groups is 1. The Balaban J connectivity index is 1.61. The summed E-state index contributed by atoms with van der Waals surface area (Å²) < 4.78 is 5.61. The van der Waals surface area contributed by atoms with E-state index < -0.39 is 0 Å². The van der Waals surface area contributed by atoms with Crippen LogP contribution in [0.15, 0.2) is 42.6 Å². The number of hydrogen-bond donors (Lipinski definition) is 1. The van der Waals surface area contributed by atoms with Gasteiger partial charge in [-0.25, -0.2) is 4.98 Å². The minimum Gasteiger partial charge on any atom is -0.491 e. The minimum absolute atomic E-state index is 0.126. The number of piperidine rings is 1. The summed E-state index contributed by atoms with van der Waals surface area (Å²) in [4.78, 5) is 19.1. The predicted molar refractivity (Wildman–Crippen MR) is 105 cm³/mol. The van der Waals surface area contributed by atoms with E-state index in [4.69, 9.17) is 4.74 Å². The molecule has 1 saturated heterocycles. The Morgan fingerprint density at radius 1 is 1.23 bits per heavy atom. The van der Waals surface area contributed by atoms with Gasteiger partial charge in [-0.1, -0.05) is 6.92 Å². The van der Waals surface area contributed by atoms with Crippen LogP contribution in [0.5, 0.6) is 5.75 Å². The molecule has 1 unspecified atom stereocenters. The van der Waals surface area contributed by atoms with Crippen LogP contribution in [0.1, 0.15) is 44.1 Å². The molecule has 1 fully saturated rings. The monoisotopic (exact) mass is 353 g/mol. The molecule has 1 amide bonds. The lowest BCUT2D eigenvalue weighted by molar-refractivity contribution is 0.102. The standard InChI is InChI=1S/C21H27N3O2/c1-15(2)26-19-9-6-17(7-10-19)23-21(25)20-11-8-18(13-22-20)24-12-4-5-16(3)14-24/h6-11,13,15-16H,4-5,12,14H2,1-3H3,(H,23,25). The van der Waals surface area contributed by atoms with Crippen molar-refractivity contribution in [1.82, 2.24) is 4.98 Å². The third-order valence-electron chi connectivity index (χ3n) is 4.49. The van der Waals surface area contributed by atoms with E-state index in [0.29, 0.717) is 11.6 Å². The summed E-state index contributed by atoms with van der Waals surface area (Å²) in [7, 11) is 0. The third kappa shape index (κ3) is 4.75. The number of nitrogens with zero attached hydrogens (tertiary/aromatic N) is 2. The Bertz CT molecular complexity index is 726. The Labute approximate surface area is 155 Å². The van der Waals surface area contributed by atoms with Gasteiger partial charge >= 0.3 is 0 Å².